The van der Waals surface area contributed by atoms with Crippen LogP contribution in [0.4, 0.5) is 11.6 Å². The molecule has 1 aromatic carbocycles. The highest BCUT2D eigenvalue weighted by molar-refractivity contribution is 6.30. The summed E-state index contributed by atoms with van der Waals surface area (Å²) < 4.78 is 1.57. The number of benzene rings is 1. The second kappa shape index (κ2) is 6.57. The summed E-state index contributed by atoms with van der Waals surface area (Å²) in [6.45, 7) is 1.82. The van der Waals surface area contributed by atoms with Crippen molar-refractivity contribution < 1.29 is 4.79 Å². The molecule has 0 bridgehead atoms. The van der Waals surface area contributed by atoms with Crippen LogP contribution in [0.15, 0.2) is 60.1 Å². The third-order valence-electron chi connectivity index (χ3n) is 4.06. The first kappa shape index (κ1) is 16.2. The standard InChI is InChI=1S/C17H14ClN7O/c1-10-14(16(26)21-13-6-4-12(18)5-7-13)15(11-3-2-8-19-9-11)25-17(20-10)22-23-24-25/h2-9,15H,1H3,(H,21,26)(H,20,22,24). The monoisotopic (exact) mass is 367 g/mol. The van der Waals surface area contributed by atoms with E-state index >= 15 is 0 Å². The first-order valence-corrected chi connectivity index (χ1v) is 8.24. The van der Waals surface area contributed by atoms with E-state index in [0.717, 1.165) is 5.56 Å². The number of rotatable bonds is 3. The molecular formula is C17H14ClN7O. The molecule has 26 heavy (non-hydrogen) atoms. The number of pyridine rings is 1. The number of nitrogens with one attached hydrogen (secondary N) is 2. The van der Waals surface area contributed by atoms with Gasteiger partial charge in [0.25, 0.3) is 5.91 Å². The van der Waals surface area contributed by atoms with Crippen molar-refractivity contribution in [1.29, 1.82) is 0 Å². The predicted molar refractivity (Wildman–Crippen MR) is 96.6 cm³/mol. The molecule has 4 rings (SSSR count). The molecule has 2 aromatic heterocycles. The lowest BCUT2D eigenvalue weighted by Crippen LogP contribution is -2.31. The number of tetrazole rings is 1. The van der Waals surface area contributed by atoms with Gasteiger partial charge < -0.3 is 10.6 Å². The van der Waals surface area contributed by atoms with Gasteiger partial charge in [-0.2, -0.15) is 4.68 Å². The molecule has 8 nitrogen and oxygen atoms in total. The van der Waals surface area contributed by atoms with E-state index in [0.29, 0.717) is 27.9 Å². The van der Waals surface area contributed by atoms with E-state index in [4.69, 9.17) is 11.6 Å². The molecule has 3 aromatic rings. The Labute approximate surface area is 153 Å². The summed E-state index contributed by atoms with van der Waals surface area (Å²) in [5, 5.41) is 18.3. The van der Waals surface area contributed by atoms with Gasteiger partial charge in [-0.1, -0.05) is 22.8 Å². The molecule has 0 aliphatic carbocycles. The number of allylic oxidation sites excluding steroid dienone is 1. The zero-order chi connectivity index (χ0) is 18.1. The summed E-state index contributed by atoms with van der Waals surface area (Å²) in [5.41, 5.74) is 2.63. The van der Waals surface area contributed by atoms with Crippen LogP contribution in [0, 0.1) is 0 Å². The van der Waals surface area contributed by atoms with Crippen LogP contribution in [0.25, 0.3) is 0 Å². The van der Waals surface area contributed by atoms with Crippen LogP contribution in [0.5, 0.6) is 0 Å². The summed E-state index contributed by atoms with van der Waals surface area (Å²) in [6, 6.07) is 10.1. The Morgan fingerprint density at radius 3 is 2.81 bits per heavy atom. The van der Waals surface area contributed by atoms with Gasteiger partial charge in [0.2, 0.25) is 5.95 Å². The van der Waals surface area contributed by atoms with E-state index in [1.54, 1.807) is 41.3 Å². The fourth-order valence-corrected chi connectivity index (χ4v) is 3.01. The van der Waals surface area contributed by atoms with Gasteiger partial charge in [-0.3, -0.25) is 9.78 Å². The van der Waals surface area contributed by atoms with Crippen LogP contribution in [-0.2, 0) is 4.79 Å². The van der Waals surface area contributed by atoms with Crippen LogP contribution in [0.1, 0.15) is 18.5 Å². The second-order valence-electron chi connectivity index (χ2n) is 5.76. The number of amides is 1. The highest BCUT2D eigenvalue weighted by atomic mass is 35.5. The van der Waals surface area contributed by atoms with E-state index < -0.39 is 6.04 Å². The van der Waals surface area contributed by atoms with Gasteiger partial charge in [-0.25, -0.2) is 0 Å². The van der Waals surface area contributed by atoms with Gasteiger partial charge in [-0.05, 0) is 53.2 Å². The van der Waals surface area contributed by atoms with Gasteiger partial charge in [-0.15, -0.1) is 0 Å². The van der Waals surface area contributed by atoms with E-state index in [1.165, 1.54) is 0 Å². The fraction of sp³-hybridized carbons (Fsp3) is 0.118. The number of hydrogen-bond donors (Lipinski definition) is 2. The van der Waals surface area contributed by atoms with Gasteiger partial charge in [0.15, 0.2) is 0 Å². The highest BCUT2D eigenvalue weighted by Gasteiger charge is 2.34. The first-order valence-electron chi connectivity index (χ1n) is 7.86. The Morgan fingerprint density at radius 1 is 1.27 bits per heavy atom. The summed E-state index contributed by atoms with van der Waals surface area (Å²) in [7, 11) is 0. The van der Waals surface area contributed by atoms with Crippen molar-refractivity contribution in [3.8, 4) is 0 Å². The molecule has 0 radical (unpaired) electrons. The van der Waals surface area contributed by atoms with Gasteiger partial charge in [0, 0.05) is 28.8 Å². The topological polar surface area (TPSA) is 97.6 Å². The predicted octanol–water partition coefficient (Wildman–Crippen LogP) is 2.65. The van der Waals surface area contributed by atoms with Crippen molar-refractivity contribution in [1.82, 2.24) is 25.2 Å². The molecule has 0 spiro atoms. The number of carbonyl (C=O) groups is 1. The van der Waals surface area contributed by atoms with Crippen LogP contribution in [0.3, 0.4) is 0 Å². The first-order chi connectivity index (χ1) is 12.6. The molecular weight excluding hydrogens is 354 g/mol. The Morgan fingerprint density at radius 2 is 2.08 bits per heavy atom. The lowest BCUT2D eigenvalue weighted by molar-refractivity contribution is -0.113. The van der Waals surface area contributed by atoms with Crippen LogP contribution >= 0.6 is 11.6 Å². The quantitative estimate of drug-likeness (QED) is 0.738. The lowest BCUT2D eigenvalue weighted by atomic mass is 9.96. The molecule has 130 valence electrons. The van der Waals surface area contributed by atoms with Crippen molar-refractivity contribution in [3.05, 3.63) is 70.6 Å². The Bertz CT molecular complexity index is 982. The van der Waals surface area contributed by atoms with Gasteiger partial charge in [0.1, 0.15) is 6.04 Å². The summed E-state index contributed by atoms with van der Waals surface area (Å²) >= 11 is 5.90. The van der Waals surface area contributed by atoms with Crippen molar-refractivity contribution in [3.63, 3.8) is 0 Å². The van der Waals surface area contributed by atoms with Crippen LogP contribution in [-0.4, -0.2) is 31.1 Å². The smallest absolute Gasteiger partial charge is 0.255 e. The average molecular weight is 368 g/mol. The third kappa shape index (κ3) is 2.91. The van der Waals surface area contributed by atoms with Crippen LogP contribution in [0.2, 0.25) is 5.02 Å². The number of nitrogens with zero attached hydrogens (tertiary/aromatic N) is 5. The van der Waals surface area contributed by atoms with E-state index in [-0.39, 0.29) is 5.91 Å². The van der Waals surface area contributed by atoms with E-state index in [1.807, 2.05) is 19.1 Å². The molecule has 0 saturated carbocycles. The average Bonchev–Trinajstić information content (AvgIpc) is 3.11. The number of hydrogen-bond acceptors (Lipinski definition) is 6. The maximum absolute atomic E-state index is 13.0. The van der Waals surface area contributed by atoms with E-state index in [9.17, 15) is 4.79 Å². The Balaban J connectivity index is 1.74. The van der Waals surface area contributed by atoms with Crippen molar-refractivity contribution >= 4 is 29.1 Å². The van der Waals surface area contributed by atoms with Crippen molar-refractivity contribution in [2.24, 2.45) is 0 Å². The van der Waals surface area contributed by atoms with Crippen molar-refractivity contribution in [2.75, 3.05) is 10.6 Å². The van der Waals surface area contributed by atoms with Crippen LogP contribution < -0.4 is 10.6 Å². The zero-order valence-electron chi connectivity index (χ0n) is 13.7. The molecule has 0 fully saturated rings. The summed E-state index contributed by atoms with van der Waals surface area (Å²) in [4.78, 5) is 17.2. The number of anilines is 2. The molecule has 1 atom stereocenters. The fourth-order valence-electron chi connectivity index (χ4n) is 2.88. The third-order valence-corrected chi connectivity index (χ3v) is 4.31. The number of fused-ring (bicyclic) bond motifs is 1. The van der Waals surface area contributed by atoms with Gasteiger partial charge >= 0.3 is 0 Å². The Kier molecular flexibility index (Phi) is 4.10. The Hall–Kier alpha value is -3.26. The largest absolute Gasteiger partial charge is 0.326 e. The normalized spacial score (nSPS) is 16.0. The zero-order valence-corrected chi connectivity index (χ0v) is 14.5. The van der Waals surface area contributed by atoms with E-state index in [2.05, 4.69) is 31.1 Å². The molecule has 1 aliphatic heterocycles. The SMILES string of the molecule is CC1=C(C(=O)Nc2ccc(Cl)cc2)C(c2cccnc2)n2nnnc2N1. The molecule has 1 unspecified atom stereocenters. The second-order valence-corrected chi connectivity index (χ2v) is 6.20. The highest BCUT2D eigenvalue weighted by Crippen LogP contribution is 2.34. The molecule has 3 heterocycles. The number of halogens is 1. The number of carbonyl (C=O) groups excluding carboxylic acids is 1. The minimum atomic E-state index is -0.484. The minimum Gasteiger partial charge on any atom is -0.326 e. The maximum atomic E-state index is 13.0. The lowest BCUT2D eigenvalue weighted by Gasteiger charge is -2.27. The summed E-state index contributed by atoms with van der Waals surface area (Å²) in [5.74, 6) is 0.215. The maximum Gasteiger partial charge on any atom is 0.255 e. The molecule has 9 heteroatoms. The molecule has 0 saturated heterocycles. The van der Waals surface area contributed by atoms with Gasteiger partial charge in [0.05, 0.1) is 5.57 Å². The number of aromatic nitrogens is 5. The minimum absolute atomic E-state index is 0.257. The molecule has 1 aliphatic rings. The van der Waals surface area contributed by atoms with Crippen molar-refractivity contribution in [2.45, 2.75) is 13.0 Å². The molecule has 1 amide bonds. The molecule has 2 N–H and O–H groups in total. The summed E-state index contributed by atoms with van der Waals surface area (Å²) in [6.07, 6.45) is 3.37.